The summed E-state index contributed by atoms with van der Waals surface area (Å²) in [6, 6.07) is 18.2. The molecule has 2 N–H and O–H groups in total. The van der Waals surface area contributed by atoms with Gasteiger partial charge in [-0.25, -0.2) is 0 Å². The maximum absolute atomic E-state index is 12.8. The van der Waals surface area contributed by atoms with Crippen LogP contribution in [0.15, 0.2) is 60.7 Å². The van der Waals surface area contributed by atoms with Gasteiger partial charge < -0.3 is 10.4 Å². The first-order valence-electron chi connectivity index (χ1n) is 8.81. The van der Waals surface area contributed by atoms with Crippen LogP contribution in [0.4, 0.5) is 0 Å². The zero-order valence-corrected chi connectivity index (χ0v) is 14.4. The first kappa shape index (κ1) is 18.2. The van der Waals surface area contributed by atoms with Gasteiger partial charge in [0.15, 0.2) is 5.60 Å². The first-order valence-corrected chi connectivity index (χ1v) is 8.81. The van der Waals surface area contributed by atoms with Crippen LogP contribution in [0.3, 0.4) is 0 Å². The molecule has 0 aliphatic heterocycles. The molecule has 0 aliphatic rings. The number of hydrogen-bond donors (Lipinski definition) is 2. The molecule has 0 saturated carbocycles. The van der Waals surface area contributed by atoms with E-state index in [-0.39, 0.29) is 5.91 Å². The highest BCUT2D eigenvalue weighted by molar-refractivity contribution is 5.90. The lowest BCUT2D eigenvalue weighted by Gasteiger charge is -2.28. The van der Waals surface area contributed by atoms with Crippen LogP contribution in [0.5, 0.6) is 0 Å². The van der Waals surface area contributed by atoms with E-state index in [1.54, 1.807) is 24.3 Å². The van der Waals surface area contributed by atoms with Crippen molar-refractivity contribution in [3.05, 3.63) is 71.8 Å². The molecular formula is C21H27NO2. The Labute approximate surface area is 144 Å². The van der Waals surface area contributed by atoms with Crippen LogP contribution in [-0.4, -0.2) is 17.6 Å². The number of carbonyl (C=O) groups is 1. The second kappa shape index (κ2) is 9.24. The molecule has 128 valence electrons. The number of aliphatic hydroxyl groups is 1. The van der Waals surface area contributed by atoms with E-state index in [4.69, 9.17) is 0 Å². The topological polar surface area (TPSA) is 49.3 Å². The van der Waals surface area contributed by atoms with E-state index >= 15 is 0 Å². The van der Waals surface area contributed by atoms with Crippen LogP contribution >= 0.6 is 0 Å². The molecule has 0 atom stereocenters. The van der Waals surface area contributed by atoms with E-state index < -0.39 is 5.60 Å². The van der Waals surface area contributed by atoms with Gasteiger partial charge in [-0.1, -0.05) is 93.3 Å². The van der Waals surface area contributed by atoms with Crippen molar-refractivity contribution in [2.75, 3.05) is 6.54 Å². The van der Waals surface area contributed by atoms with E-state index in [1.807, 2.05) is 36.4 Å². The number of unbranched alkanes of at least 4 members (excludes halogenated alkanes) is 4. The Bertz CT molecular complexity index is 571. The van der Waals surface area contributed by atoms with Crippen LogP contribution in [0.2, 0.25) is 0 Å². The largest absolute Gasteiger partial charge is 0.372 e. The summed E-state index contributed by atoms with van der Waals surface area (Å²) in [4.78, 5) is 12.8. The molecule has 3 heteroatoms. The number of nitrogens with one attached hydrogen (secondary N) is 1. The third-order valence-electron chi connectivity index (χ3n) is 4.28. The van der Waals surface area contributed by atoms with Crippen molar-refractivity contribution < 1.29 is 9.90 Å². The van der Waals surface area contributed by atoms with Gasteiger partial charge in [-0.15, -0.1) is 0 Å². The highest BCUT2D eigenvalue weighted by atomic mass is 16.3. The Hall–Kier alpha value is -2.13. The second-order valence-electron chi connectivity index (χ2n) is 6.11. The molecule has 0 bridgehead atoms. The summed E-state index contributed by atoms with van der Waals surface area (Å²) in [7, 11) is 0. The lowest BCUT2D eigenvalue weighted by molar-refractivity contribution is -0.136. The zero-order chi connectivity index (χ0) is 17.3. The van der Waals surface area contributed by atoms with Crippen molar-refractivity contribution >= 4 is 5.91 Å². The maximum Gasteiger partial charge on any atom is 0.261 e. The van der Waals surface area contributed by atoms with E-state index in [0.29, 0.717) is 17.7 Å². The molecule has 0 radical (unpaired) electrons. The van der Waals surface area contributed by atoms with Gasteiger partial charge in [0.05, 0.1) is 0 Å². The molecule has 0 aromatic heterocycles. The lowest BCUT2D eigenvalue weighted by Crippen LogP contribution is -2.45. The Balaban J connectivity index is 2.11. The predicted octanol–water partition coefficient (Wildman–Crippen LogP) is 4.01. The monoisotopic (exact) mass is 325 g/mol. The summed E-state index contributed by atoms with van der Waals surface area (Å²) in [5, 5.41) is 14.2. The smallest absolute Gasteiger partial charge is 0.261 e. The molecule has 0 aliphatic carbocycles. The third kappa shape index (κ3) is 4.45. The Morgan fingerprint density at radius 1 is 0.875 bits per heavy atom. The van der Waals surface area contributed by atoms with Crippen LogP contribution in [-0.2, 0) is 10.4 Å². The summed E-state index contributed by atoms with van der Waals surface area (Å²) in [5.74, 6) is -0.365. The molecule has 3 nitrogen and oxygen atoms in total. The summed E-state index contributed by atoms with van der Waals surface area (Å²) in [6.07, 6.45) is 5.66. The summed E-state index contributed by atoms with van der Waals surface area (Å²) >= 11 is 0. The highest BCUT2D eigenvalue weighted by Crippen LogP contribution is 2.29. The third-order valence-corrected chi connectivity index (χ3v) is 4.28. The number of carbonyl (C=O) groups excluding carboxylic acids is 1. The molecule has 0 fully saturated rings. The number of benzene rings is 2. The van der Waals surface area contributed by atoms with Crippen molar-refractivity contribution in [1.29, 1.82) is 0 Å². The fraction of sp³-hybridized carbons (Fsp3) is 0.381. The fourth-order valence-corrected chi connectivity index (χ4v) is 2.85. The van der Waals surface area contributed by atoms with Gasteiger partial charge in [0, 0.05) is 6.54 Å². The van der Waals surface area contributed by atoms with Crippen LogP contribution in [0.25, 0.3) is 0 Å². The molecule has 2 aromatic carbocycles. The van der Waals surface area contributed by atoms with Gasteiger partial charge in [0.1, 0.15) is 0 Å². The second-order valence-corrected chi connectivity index (χ2v) is 6.11. The summed E-state index contributed by atoms with van der Waals surface area (Å²) in [5.41, 5.74) is -0.495. The number of amides is 1. The minimum Gasteiger partial charge on any atom is -0.372 e. The maximum atomic E-state index is 12.8. The Morgan fingerprint density at radius 2 is 1.38 bits per heavy atom. The minimum absolute atomic E-state index is 0.365. The van der Waals surface area contributed by atoms with E-state index in [2.05, 4.69) is 12.2 Å². The molecule has 1 amide bonds. The highest BCUT2D eigenvalue weighted by Gasteiger charge is 2.39. The van der Waals surface area contributed by atoms with Crippen LogP contribution in [0, 0.1) is 0 Å². The van der Waals surface area contributed by atoms with Crippen molar-refractivity contribution in [2.45, 2.75) is 44.6 Å². The van der Waals surface area contributed by atoms with Crippen molar-refractivity contribution in [1.82, 2.24) is 5.32 Å². The fourth-order valence-electron chi connectivity index (χ4n) is 2.85. The van der Waals surface area contributed by atoms with Crippen LogP contribution in [0.1, 0.15) is 50.2 Å². The average Bonchev–Trinajstić information content (AvgIpc) is 2.65. The summed E-state index contributed by atoms with van der Waals surface area (Å²) in [6.45, 7) is 2.77. The molecule has 0 heterocycles. The van der Waals surface area contributed by atoms with Crippen molar-refractivity contribution in [2.24, 2.45) is 0 Å². The van der Waals surface area contributed by atoms with Crippen LogP contribution < -0.4 is 5.32 Å². The van der Waals surface area contributed by atoms with Gasteiger partial charge in [-0.2, -0.15) is 0 Å². The molecule has 2 aromatic rings. The van der Waals surface area contributed by atoms with Gasteiger partial charge in [0.25, 0.3) is 5.91 Å². The van der Waals surface area contributed by atoms with Crippen molar-refractivity contribution in [3.8, 4) is 0 Å². The number of rotatable bonds is 9. The lowest BCUT2D eigenvalue weighted by atomic mass is 9.85. The predicted molar refractivity (Wildman–Crippen MR) is 97.7 cm³/mol. The molecule has 24 heavy (non-hydrogen) atoms. The minimum atomic E-state index is -1.66. The molecule has 0 saturated heterocycles. The Morgan fingerprint density at radius 3 is 1.88 bits per heavy atom. The first-order chi connectivity index (χ1) is 11.7. The average molecular weight is 325 g/mol. The standard InChI is InChI=1S/C21H27NO2/c1-2-3-4-5-12-17-22-20(23)21(24,18-13-8-6-9-14-18)19-15-10-7-11-16-19/h6-11,13-16,24H,2-5,12,17H2,1H3,(H,22,23). The van der Waals surface area contributed by atoms with E-state index in [0.717, 1.165) is 12.8 Å². The number of hydrogen-bond acceptors (Lipinski definition) is 2. The quantitative estimate of drug-likeness (QED) is 0.684. The Kier molecular flexibility index (Phi) is 7.01. The molecule has 2 rings (SSSR count). The molecule has 0 unspecified atom stereocenters. The SMILES string of the molecule is CCCCCCCNC(=O)C(O)(c1ccccc1)c1ccccc1. The normalized spacial score (nSPS) is 11.2. The molecular weight excluding hydrogens is 298 g/mol. The van der Waals surface area contributed by atoms with E-state index in [9.17, 15) is 9.90 Å². The summed E-state index contributed by atoms with van der Waals surface area (Å²) < 4.78 is 0. The van der Waals surface area contributed by atoms with E-state index in [1.165, 1.54) is 19.3 Å². The van der Waals surface area contributed by atoms with Gasteiger partial charge >= 0.3 is 0 Å². The van der Waals surface area contributed by atoms with Gasteiger partial charge in [-0.05, 0) is 17.5 Å². The molecule has 0 spiro atoms. The van der Waals surface area contributed by atoms with Gasteiger partial charge in [0.2, 0.25) is 0 Å². The van der Waals surface area contributed by atoms with Gasteiger partial charge in [-0.3, -0.25) is 4.79 Å². The zero-order valence-electron chi connectivity index (χ0n) is 14.4. The van der Waals surface area contributed by atoms with Crippen molar-refractivity contribution in [3.63, 3.8) is 0 Å².